The summed E-state index contributed by atoms with van der Waals surface area (Å²) < 4.78 is 0. The van der Waals surface area contributed by atoms with Gasteiger partial charge in [0.1, 0.15) is 0 Å². The molecule has 1 aromatic carbocycles. The van der Waals surface area contributed by atoms with Crippen LogP contribution >= 0.6 is 0 Å². The first-order chi connectivity index (χ1) is 6.81. The van der Waals surface area contributed by atoms with Crippen LogP contribution < -0.4 is 5.73 Å². The van der Waals surface area contributed by atoms with Crippen LogP contribution in [0.4, 0.5) is 0 Å². The molecule has 1 heteroatoms. The molecule has 0 saturated carbocycles. The second-order valence-corrected chi connectivity index (χ2v) is 4.37. The number of fused-ring (bicyclic) bond motifs is 1. The largest absolute Gasteiger partial charge is 0.330 e. The van der Waals surface area contributed by atoms with Gasteiger partial charge in [-0.2, -0.15) is 0 Å². The van der Waals surface area contributed by atoms with Crippen molar-refractivity contribution in [1.29, 1.82) is 0 Å². The van der Waals surface area contributed by atoms with Gasteiger partial charge >= 0.3 is 0 Å². The van der Waals surface area contributed by atoms with Crippen molar-refractivity contribution in [2.45, 2.75) is 38.5 Å². The highest BCUT2D eigenvalue weighted by Gasteiger charge is 2.18. The Balaban J connectivity index is 2.32. The fourth-order valence-corrected chi connectivity index (χ4v) is 2.52. The van der Waals surface area contributed by atoms with E-state index in [9.17, 15) is 0 Å². The van der Waals surface area contributed by atoms with E-state index in [2.05, 4.69) is 25.1 Å². The lowest BCUT2D eigenvalue weighted by molar-refractivity contribution is 0.525. The molecule has 0 bridgehead atoms. The SMILES string of the molecule is Cc1ccc2c(c1)C(CCN)CCC2. The van der Waals surface area contributed by atoms with Crippen LogP contribution in [0.15, 0.2) is 18.2 Å². The average Bonchev–Trinajstić information content (AvgIpc) is 2.19. The number of rotatable bonds is 2. The number of hydrogen-bond donors (Lipinski definition) is 1. The van der Waals surface area contributed by atoms with Gasteiger partial charge in [-0.05, 0) is 56.2 Å². The van der Waals surface area contributed by atoms with E-state index in [1.54, 1.807) is 11.1 Å². The minimum atomic E-state index is 0.726. The number of aryl methyl sites for hydroxylation is 2. The van der Waals surface area contributed by atoms with Crippen LogP contribution in [0, 0.1) is 6.92 Å². The molecule has 2 rings (SSSR count). The summed E-state index contributed by atoms with van der Waals surface area (Å²) in [4.78, 5) is 0. The Morgan fingerprint density at radius 3 is 3.07 bits per heavy atom. The highest BCUT2D eigenvalue weighted by atomic mass is 14.5. The number of nitrogens with two attached hydrogens (primary N) is 1. The van der Waals surface area contributed by atoms with Crippen LogP contribution in [0.1, 0.15) is 41.9 Å². The molecular formula is C13H19N. The monoisotopic (exact) mass is 189 g/mol. The molecule has 1 aliphatic rings. The Kier molecular flexibility index (Phi) is 2.87. The molecule has 14 heavy (non-hydrogen) atoms. The van der Waals surface area contributed by atoms with E-state index >= 15 is 0 Å². The molecule has 1 aromatic rings. The van der Waals surface area contributed by atoms with Crippen molar-refractivity contribution in [3.8, 4) is 0 Å². The highest BCUT2D eigenvalue weighted by molar-refractivity contribution is 5.36. The quantitative estimate of drug-likeness (QED) is 0.760. The van der Waals surface area contributed by atoms with Crippen LogP contribution in [0.25, 0.3) is 0 Å². The molecule has 1 atom stereocenters. The molecule has 0 amide bonds. The number of hydrogen-bond acceptors (Lipinski definition) is 1. The smallest absolute Gasteiger partial charge is 0.00714 e. The van der Waals surface area contributed by atoms with E-state index in [1.807, 2.05) is 0 Å². The first-order valence-electron chi connectivity index (χ1n) is 5.61. The van der Waals surface area contributed by atoms with Crippen molar-refractivity contribution in [1.82, 2.24) is 0 Å². The Morgan fingerprint density at radius 2 is 2.29 bits per heavy atom. The van der Waals surface area contributed by atoms with Crippen molar-refractivity contribution >= 4 is 0 Å². The summed E-state index contributed by atoms with van der Waals surface area (Å²) in [6, 6.07) is 6.88. The van der Waals surface area contributed by atoms with Gasteiger partial charge in [0.2, 0.25) is 0 Å². The van der Waals surface area contributed by atoms with Gasteiger partial charge < -0.3 is 5.73 Å². The lowest BCUT2D eigenvalue weighted by Gasteiger charge is -2.25. The van der Waals surface area contributed by atoms with E-state index in [0.717, 1.165) is 18.9 Å². The molecule has 0 fully saturated rings. The molecule has 0 radical (unpaired) electrons. The second kappa shape index (κ2) is 4.14. The molecular weight excluding hydrogens is 170 g/mol. The standard InChI is InChI=1S/C13H19N/c1-10-5-6-11-3-2-4-12(7-8-14)13(11)9-10/h5-6,9,12H,2-4,7-8,14H2,1H3. The number of benzene rings is 1. The van der Waals surface area contributed by atoms with Gasteiger partial charge in [0.05, 0.1) is 0 Å². The lowest BCUT2D eigenvalue weighted by Crippen LogP contribution is -2.14. The maximum atomic E-state index is 5.65. The summed E-state index contributed by atoms with van der Waals surface area (Å²) >= 11 is 0. The predicted octanol–water partition coefficient (Wildman–Crippen LogP) is 2.76. The van der Waals surface area contributed by atoms with E-state index in [4.69, 9.17) is 5.73 Å². The van der Waals surface area contributed by atoms with Crippen LogP contribution in [0.5, 0.6) is 0 Å². The van der Waals surface area contributed by atoms with Gasteiger partial charge in [-0.25, -0.2) is 0 Å². The Morgan fingerprint density at radius 1 is 1.43 bits per heavy atom. The summed E-state index contributed by atoms with van der Waals surface area (Å²) in [5.74, 6) is 0.726. The van der Waals surface area contributed by atoms with Crippen molar-refractivity contribution < 1.29 is 0 Å². The second-order valence-electron chi connectivity index (χ2n) is 4.37. The van der Waals surface area contributed by atoms with Gasteiger partial charge in [-0.3, -0.25) is 0 Å². The van der Waals surface area contributed by atoms with Crippen LogP contribution in [-0.4, -0.2) is 6.54 Å². The third-order valence-corrected chi connectivity index (χ3v) is 3.26. The van der Waals surface area contributed by atoms with Gasteiger partial charge in [0.25, 0.3) is 0 Å². The molecule has 0 aromatic heterocycles. The average molecular weight is 189 g/mol. The molecule has 1 unspecified atom stereocenters. The highest BCUT2D eigenvalue weighted by Crippen LogP contribution is 2.33. The van der Waals surface area contributed by atoms with E-state index in [1.165, 1.54) is 24.8 Å². The van der Waals surface area contributed by atoms with E-state index < -0.39 is 0 Å². The third kappa shape index (κ3) is 1.83. The Labute approximate surface area is 86.3 Å². The maximum Gasteiger partial charge on any atom is -0.00714 e. The van der Waals surface area contributed by atoms with Crippen molar-refractivity contribution in [3.63, 3.8) is 0 Å². The minimum Gasteiger partial charge on any atom is -0.330 e. The molecule has 0 aliphatic heterocycles. The summed E-state index contributed by atoms with van der Waals surface area (Å²) in [5.41, 5.74) is 10.2. The fourth-order valence-electron chi connectivity index (χ4n) is 2.52. The summed E-state index contributed by atoms with van der Waals surface area (Å²) in [6.07, 6.45) is 5.07. The predicted molar refractivity (Wildman–Crippen MR) is 60.5 cm³/mol. The molecule has 1 aliphatic carbocycles. The fraction of sp³-hybridized carbons (Fsp3) is 0.538. The first kappa shape index (κ1) is 9.72. The Hall–Kier alpha value is -0.820. The van der Waals surface area contributed by atoms with E-state index in [-0.39, 0.29) is 0 Å². The summed E-state index contributed by atoms with van der Waals surface area (Å²) in [6.45, 7) is 2.99. The third-order valence-electron chi connectivity index (χ3n) is 3.26. The van der Waals surface area contributed by atoms with Crippen LogP contribution in [-0.2, 0) is 6.42 Å². The van der Waals surface area contributed by atoms with Crippen molar-refractivity contribution in [3.05, 3.63) is 34.9 Å². The first-order valence-corrected chi connectivity index (χ1v) is 5.61. The zero-order valence-electron chi connectivity index (χ0n) is 8.92. The van der Waals surface area contributed by atoms with Crippen LogP contribution in [0.2, 0.25) is 0 Å². The topological polar surface area (TPSA) is 26.0 Å². The molecule has 76 valence electrons. The molecule has 0 spiro atoms. The zero-order chi connectivity index (χ0) is 9.97. The van der Waals surface area contributed by atoms with Gasteiger partial charge in [-0.15, -0.1) is 0 Å². The zero-order valence-corrected chi connectivity index (χ0v) is 8.92. The summed E-state index contributed by atoms with van der Waals surface area (Å²) in [5, 5.41) is 0. The van der Waals surface area contributed by atoms with Gasteiger partial charge in [0, 0.05) is 0 Å². The molecule has 1 nitrogen and oxygen atoms in total. The maximum absolute atomic E-state index is 5.65. The van der Waals surface area contributed by atoms with Crippen molar-refractivity contribution in [2.75, 3.05) is 6.54 Å². The lowest BCUT2D eigenvalue weighted by atomic mass is 9.80. The minimum absolute atomic E-state index is 0.726. The molecule has 2 N–H and O–H groups in total. The van der Waals surface area contributed by atoms with Crippen molar-refractivity contribution in [2.24, 2.45) is 5.73 Å². The molecule has 0 saturated heterocycles. The van der Waals surface area contributed by atoms with Gasteiger partial charge in [0.15, 0.2) is 0 Å². The Bertz CT molecular complexity index is 317. The van der Waals surface area contributed by atoms with Gasteiger partial charge in [-0.1, -0.05) is 23.8 Å². The van der Waals surface area contributed by atoms with Crippen LogP contribution in [0.3, 0.4) is 0 Å². The normalized spacial score (nSPS) is 20.6. The summed E-state index contributed by atoms with van der Waals surface area (Å²) in [7, 11) is 0. The molecule has 0 heterocycles. The van der Waals surface area contributed by atoms with E-state index in [0.29, 0.717) is 0 Å².